The van der Waals surface area contributed by atoms with Crippen LogP contribution < -0.4 is 16.4 Å². The van der Waals surface area contributed by atoms with Crippen LogP contribution in [0.25, 0.3) is 0 Å². The molecule has 3 amide bonds. The smallest absolute Gasteiger partial charge is 0.313 e. The van der Waals surface area contributed by atoms with E-state index < -0.39 is 11.8 Å². The Hall–Kier alpha value is -3.15. The third-order valence-corrected chi connectivity index (χ3v) is 2.83. The predicted octanol–water partition coefficient (Wildman–Crippen LogP) is 1.29. The van der Waals surface area contributed by atoms with Crippen LogP contribution in [0.15, 0.2) is 54.6 Å². The number of benzene rings is 2. The largest absolute Gasteiger partial charge is 0.361 e. The van der Waals surface area contributed by atoms with E-state index in [1.54, 1.807) is 36.4 Å². The fraction of sp³-hybridized carbons (Fsp3) is 0.0625. The van der Waals surface area contributed by atoms with Crippen molar-refractivity contribution in [3.63, 3.8) is 0 Å². The molecule has 0 bridgehead atoms. The highest BCUT2D eigenvalue weighted by atomic mass is 16.2. The summed E-state index contributed by atoms with van der Waals surface area (Å²) in [5.74, 6) is -2.14. The maximum Gasteiger partial charge on any atom is 0.313 e. The van der Waals surface area contributed by atoms with Gasteiger partial charge in [0.05, 0.1) is 6.42 Å². The van der Waals surface area contributed by atoms with Gasteiger partial charge in [0.25, 0.3) is 0 Å². The number of carbonyl (C=O) groups excluding carboxylic acids is 3. The quantitative estimate of drug-likeness (QED) is 0.741. The normalized spacial score (nSPS) is 9.82. The van der Waals surface area contributed by atoms with Gasteiger partial charge in [-0.15, -0.1) is 0 Å². The Bertz CT molecular complexity index is 699. The molecule has 0 fully saturated rings. The molecule has 0 saturated heterocycles. The van der Waals surface area contributed by atoms with Gasteiger partial charge in [-0.1, -0.05) is 30.3 Å². The predicted molar refractivity (Wildman–Crippen MR) is 83.0 cm³/mol. The van der Waals surface area contributed by atoms with E-state index in [2.05, 4.69) is 10.6 Å². The summed E-state index contributed by atoms with van der Waals surface area (Å²) < 4.78 is 0. The Balaban J connectivity index is 1.99. The summed E-state index contributed by atoms with van der Waals surface area (Å²) in [5, 5.41) is 5.13. The van der Waals surface area contributed by atoms with E-state index >= 15 is 0 Å². The molecule has 0 aromatic heterocycles. The van der Waals surface area contributed by atoms with Crippen molar-refractivity contribution in [1.29, 1.82) is 0 Å². The summed E-state index contributed by atoms with van der Waals surface area (Å²) in [6.07, 6.45) is 0.148. The molecular weight excluding hydrogens is 282 g/mol. The molecule has 0 unspecified atom stereocenters. The SMILES string of the molecule is NC(=O)C(=O)Nc1cccc(CC(=O)Nc2ccccc2)c1. The molecule has 2 aromatic carbocycles. The average Bonchev–Trinajstić information content (AvgIpc) is 2.48. The molecule has 2 aromatic rings. The van der Waals surface area contributed by atoms with E-state index in [1.165, 1.54) is 0 Å². The van der Waals surface area contributed by atoms with E-state index in [9.17, 15) is 14.4 Å². The first-order valence-electron chi connectivity index (χ1n) is 6.59. The van der Waals surface area contributed by atoms with Gasteiger partial charge in [-0.25, -0.2) is 0 Å². The van der Waals surface area contributed by atoms with Crippen LogP contribution in [0.2, 0.25) is 0 Å². The number of nitrogens with one attached hydrogen (secondary N) is 2. The monoisotopic (exact) mass is 297 g/mol. The van der Waals surface area contributed by atoms with Crippen LogP contribution in [-0.2, 0) is 20.8 Å². The maximum absolute atomic E-state index is 12.0. The van der Waals surface area contributed by atoms with Gasteiger partial charge in [-0.3, -0.25) is 14.4 Å². The van der Waals surface area contributed by atoms with E-state index in [0.717, 1.165) is 0 Å². The summed E-state index contributed by atoms with van der Waals surface area (Å²) in [6, 6.07) is 15.8. The topological polar surface area (TPSA) is 101 Å². The molecule has 0 aliphatic rings. The van der Waals surface area contributed by atoms with Crippen molar-refractivity contribution in [2.75, 3.05) is 10.6 Å². The summed E-state index contributed by atoms with van der Waals surface area (Å²) >= 11 is 0. The number of para-hydroxylation sites is 1. The van der Waals surface area contributed by atoms with E-state index in [1.807, 2.05) is 18.2 Å². The lowest BCUT2D eigenvalue weighted by Crippen LogP contribution is -2.29. The zero-order chi connectivity index (χ0) is 15.9. The molecule has 0 aliphatic carbocycles. The van der Waals surface area contributed by atoms with Gasteiger partial charge in [0.2, 0.25) is 5.91 Å². The number of hydrogen-bond donors (Lipinski definition) is 3. The van der Waals surface area contributed by atoms with Crippen LogP contribution in [0, 0.1) is 0 Å². The van der Waals surface area contributed by atoms with Gasteiger partial charge in [0, 0.05) is 11.4 Å². The molecule has 0 heterocycles. The molecule has 0 spiro atoms. The Kier molecular flexibility index (Phi) is 4.87. The molecule has 0 aliphatic heterocycles. The van der Waals surface area contributed by atoms with Gasteiger partial charge in [-0.05, 0) is 29.8 Å². The van der Waals surface area contributed by atoms with E-state index in [4.69, 9.17) is 5.73 Å². The second-order valence-corrected chi connectivity index (χ2v) is 4.61. The number of nitrogens with two attached hydrogens (primary N) is 1. The highest BCUT2D eigenvalue weighted by Crippen LogP contribution is 2.12. The standard InChI is InChI=1S/C16H15N3O3/c17-15(21)16(22)19-13-8-4-5-11(9-13)10-14(20)18-12-6-2-1-3-7-12/h1-9H,10H2,(H2,17,21)(H,18,20)(H,19,22). The van der Waals surface area contributed by atoms with Crippen molar-refractivity contribution in [2.45, 2.75) is 6.42 Å². The van der Waals surface area contributed by atoms with Crippen molar-refractivity contribution in [1.82, 2.24) is 0 Å². The molecule has 22 heavy (non-hydrogen) atoms. The highest BCUT2D eigenvalue weighted by molar-refractivity contribution is 6.39. The second kappa shape index (κ2) is 7.03. The number of hydrogen-bond acceptors (Lipinski definition) is 3. The molecular formula is C16H15N3O3. The Morgan fingerprint density at radius 3 is 2.23 bits per heavy atom. The summed E-state index contributed by atoms with van der Waals surface area (Å²) in [6.45, 7) is 0. The van der Waals surface area contributed by atoms with Crippen molar-refractivity contribution in [2.24, 2.45) is 5.73 Å². The van der Waals surface area contributed by atoms with Crippen LogP contribution in [0.3, 0.4) is 0 Å². The molecule has 112 valence electrons. The summed E-state index contributed by atoms with van der Waals surface area (Å²) in [7, 11) is 0. The van der Waals surface area contributed by atoms with Gasteiger partial charge >= 0.3 is 11.8 Å². The highest BCUT2D eigenvalue weighted by Gasteiger charge is 2.10. The first kappa shape index (κ1) is 15.2. The molecule has 6 heteroatoms. The zero-order valence-corrected chi connectivity index (χ0v) is 11.7. The molecule has 0 radical (unpaired) electrons. The molecule has 2 rings (SSSR count). The van der Waals surface area contributed by atoms with Crippen molar-refractivity contribution in [3.05, 3.63) is 60.2 Å². The lowest BCUT2D eigenvalue weighted by Gasteiger charge is -2.07. The molecule has 6 nitrogen and oxygen atoms in total. The lowest BCUT2D eigenvalue weighted by molar-refractivity contribution is -0.134. The van der Waals surface area contributed by atoms with Crippen LogP contribution in [0.5, 0.6) is 0 Å². The second-order valence-electron chi connectivity index (χ2n) is 4.61. The van der Waals surface area contributed by atoms with Crippen LogP contribution >= 0.6 is 0 Å². The fourth-order valence-corrected chi connectivity index (χ4v) is 1.86. The Morgan fingerprint density at radius 2 is 1.55 bits per heavy atom. The van der Waals surface area contributed by atoms with Gasteiger partial charge < -0.3 is 16.4 Å². The Morgan fingerprint density at radius 1 is 0.864 bits per heavy atom. The minimum atomic E-state index is -1.06. The summed E-state index contributed by atoms with van der Waals surface area (Å²) in [5.41, 5.74) is 6.70. The third kappa shape index (κ3) is 4.45. The number of primary amides is 1. The molecule has 0 atom stereocenters. The molecule has 0 saturated carbocycles. The minimum Gasteiger partial charge on any atom is -0.361 e. The van der Waals surface area contributed by atoms with Crippen molar-refractivity contribution >= 4 is 29.1 Å². The van der Waals surface area contributed by atoms with Crippen LogP contribution in [0.1, 0.15) is 5.56 Å². The summed E-state index contributed by atoms with van der Waals surface area (Å²) in [4.78, 5) is 33.9. The first-order valence-corrected chi connectivity index (χ1v) is 6.59. The van der Waals surface area contributed by atoms with E-state index in [0.29, 0.717) is 16.9 Å². The van der Waals surface area contributed by atoms with Gasteiger partial charge in [0.1, 0.15) is 0 Å². The zero-order valence-electron chi connectivity index (χ0n) is 11.7. The molecule has 4 N–H and O–H groups in total. The van der Waals surface area contributed by atoms with Gasteiger partial charge in [0.15, 0.2) is 0 Å². The van der Waals surface area contributed by atoms with Crippen LogP contribution in [-0.4, -0.2) is 17.7 Å². The third-order valence-electron chi connectivity index (χ3n) is 2.83. The number of rotatable bonds is 4. The number of amides is 3. The van der Waals surface area contributed by atoms with Crippen molar-refractivity contribution < 1.29 is 14.4 Å². The van der Waals surface area contributed by atoms with E-state index in [-0.39, 0.29) is 12.3 Å². The minimum absolute atomic E-state index is 0.148. The number of anilines is 2. The van der Waals surface area contributed by atoms with Gasteiger partial charge in [-0.2, -0.15) is 0 Å². The first-order chi connectivity index (χ1) is 10.5. The lowest BCUT2D eigenvalue weighted by atomic mass is 10.1. The average molecular weight is 297 g/mol. The fourth-order valence-electron chi connectivity index (χ4n) is 1.86. The number of carbonyl (C=O) groups is 3. The maximum atomic E-state index is 12.0. The van der Waals surface area contributed by atoms with Crippen LogP contribution in [0.4, 0.5) is 11.4 Å². The Labute approximate surface area is 127 Å². The van der Waals surface area contributed by atoms with Crippen molar-refractivity contribution in [3.8, 4) is 0 Å².